The molecule has 0 aliphatic rings. The molecule has 2 heteroatoms. The summed E-state index contributed by atoms with van der Waals surface area (Å²) in [6, 6.07) is 0. The van der Waals surface area contributed by atoms with Crippen LogP contribution >= 0.6 is 0 Å². The normalized spacial score (nSPS) is 12.2. The molecule has 0 spiro atoms. The highest BCUT2D eigenvalue weighted by atomic mass is 19.3. The van der Waals surface area contributed by atoms with Gasteiger partial charge in [-0.15, -0.1) is 0 Å². The van der Waals surface area contributed by atoms with Crippen molar-refractivity contribution in [1.29, 1.82) is 0 Å². The minimum atomic E-state index is -2.38. The third kappa shape index (κ3) is 1.87. The molecule has 0 unspecified atom stereocenters. The van der Waals surface area contributed by atoms with Crippen LogP contribution in [0.4, 0.5) is 8.78 Å². The molecule has 0 bridgehead atoms. The Bertz CT molecular complexity index is 103. The standard InChI is InChI=1S/C6H8F2/c1-3-5(4-2)6(7)8/h3-4,6H,1H2,2H3/b5-4+. The van der Waals surface area contributed by atoms with Gasteiger partial charge < -0.3 is 0 Å². The summed E-state index contributed by atoms with van der Waals surface area (Å²) in [6.45, 7) is 4.76. The van der Waals surface area contributed by atoms with E-state index in [1.807, 2.05) is 0 Å². The van der Waals surface area contributed by atoms with Crippen LogP contribution in [0.15, 0.2) is 24.3 Å². The van der Waals surface area contributed by atoms with Gasteiger partial charge in [-0.3, -0.25) is 0 Å². The van der Waals surface area contributed by atoms with Crippen LogP contribution in [0.2, 0.25) is 0 Å². The van der Waals surface area contributed by atoms with E-state index in [-0.39, 0.29) is 5.57 Å². The highest BCUT2D eigenvalue weighted by Gasteiger charge is 2.03. The second-order valence-corrected chi connectivity index (χ2v) is 1.29. The van der Waals surface area contributed by atoms with Crippen molar-refractivity contribution in [3.8, 4) is 0 Å². The lowest BCUT2D eigenvalue weighted by atomic mass is 10.3. The molecule has 0 nitrogen and oxygen atoms in total. The molecule has 0 rings (SSSR count). The van der Waals surface area contributed by atoms with Gasteiger partial charge in [0.15, 0.2) is 0 Å². The van der Waals surface area contributed by atoms with Gasteiger partial charge in [-0.05, 0) is 6.92 Å². The lowest BCUT2D eigenvalue weighted by Gasteiger charge is -1.94. The molecule has 0 aromatic rings. The summed E-state index contributed by atoms with van der Waals surface area (Å²) in [6.07, 6.45) is 0.125. The average molecular weight is 118 g/mol. The van der Waals surface area contributed by atoms with Crippen LogP contribution in [0, 0.1) is 0 Å². The van der Waals surface area contributed by atoms with E-state index in [1.165, 1.54) is 6.08 Å². The average Bonchev–Trinajstić information content (AvgIpc) is 1.69. The summed E-state index contributed by atoms with van der Waals surface area (Å²) in [5.41, 5.74) is -0.00926. The second-order valence-electron chi connectivity index (χ2n) is 1.29. The van der Waals surface area contributed by atoms with Gasteiger partial charge in [0.2, 0.25) is 0 Å². The Hall–Kier alpha value is -0.660. The lowest BCUT2D eigenvalue weighted by molar-refractivity contribution is 0.194. The minimum Gasteiger partial charge on any atom is -0.205 e. The van der Waals surface area contributed by atoms with Crippen molar-refractivity contribution in [2.24, 2.45) is 0 Å². The Morgan fingerprint density at radius 3 is 2.12 bits per heavy atom. The third-order valence-electron chi connectivity index (χ3n) is 0.821. The van der Waals surface area contributed by atoms with E-state index in [2.05, 4.69) is 6.58 Å². The summed E-state index contributed by atoms with van der Waals surface area (Å²) in [5.74, 6) is 0. The first-order valence-corrected chi connectivity index (χ1v) is 2.29. The highest BCUT2D eigenvalue weighted by Crippen LogP contribution is 2.07. The van der Waals surface area contributed by atoms with Crippen LogP contribution in [-0.2, 0) is 0 Å². The zero-order valence-corrected chi connectivity index (χ0v) is 4.70. The van der Waals surface area contributed by atoms with E-state index in [9.17, 15) is 8.78 Å². The van der Waals surface area contributed by atoms with Gasteiger partial charge in [0.05, 0.1) is 0 Å². The Labute approximate surface area is 47.5 Å². The van der Waals surface area contributed by atoms with Gasteiger partial charge in [0.1, 0.15) is 0 Å². The number of halogens is 2. The predicted octanol–water partition coefficient (Wildman–Crippen LogP) is 2.38. The maximum Gasteiger partial charge on any atom is 0.263 e. The predicted molar refractivity (Wildman–Crippen MR) is 30.0 cm³/mol. The van der Waals surface area contributed by atoms with Crippen molar-refractivity contribution < 1.29 is 8.78 Å². The minimum absolute atomic E-state index is 0.00926. The maximum absolute atomic E-state index is 11.6. The monoisotopic (exact) mass is 118 g/mol. The quantitative estimate of drug-likeness (QED) is 0.488. The van der Waals surface area contributed by atoms with E-state index in [1.54, 1.807) is 6.92 Å². The van der Waals surface area contributed by atoms with Gasteiger partial charge in [0, 0.05) is 5.57 Å². The summed E-state index contributed by atoms with van der Waals surface area (Å²) in [5, 5.41) is 0. The first-order chi connectivity index (χ1) is 3.72. The number of rotatable bonds is 2. The van der Waals surface area contributed by atoms with Crippen LogP contribution in [-0.4, -0.2) is 6.43 Å². The summed E-state index contributed by atoms with van der Waals surface area (Å²) in [7, 11) is 0. The second kappa shape index (κ2) is 3.36. The summed E-state index contributed by atoms with van der Waals surface area (Å²) >= 11 is 0. The Balaban J connectivity index is 3.91. The maximum atomic E-state index is 11.6. The number of allylic oxidation sites excluding steroid dienone is 3. The van der Waals surface area contributed by atoms with E-state index in [4.69, 9.17) is 0 Å². The molecule has 0 radical (unpaired) electrons. The fourth-order valence-electron chi connectivity index (χ4n) is 0.333. The van der Waals surface area contributed by atoms with Crippen molar-refractivity contribution in [2.45, 2.75) is 13.3 Å². The van der Waals surface area contributed by atoms with E-state index >= 15 is 0 Å². The zero-order valence-electron chi connectivity index (χ0n) is 4.70. The third-order valence-corrected chi connectivity index (χ3v) is 0.821. The molecular formula is C6H8F2. The van der Waals surface area contributed by atoms with E-state index in [0.29, 0.717) is 0 Å². The smallest absolute Gasteiger partial charge is 0.205 e. The molecule has 0 aromatic carbocycles. The first kappa shape index (κ1) is 7.34. The van der Waals surface area contributed by atoms with Crippen molar-refractivity contribution in [3.05, 3.63) is 24.3 Å². The van der Waals surface area contributed by atoms with Crippen LogP contribution in [0.1, 0.15) is 6.92 Å². The molecule has 0 amide bonds. The number of alkyl halides is 2. The lowest BCUT2D eigenvalue weighted by Crippen LogP contribution is -1.90. The molecule has 0 N–H and O–H groups in total. The van der Waals surface area contributed by atoms with Crippen LogP contribution in [0.25, 0.3) is 0 Å². The Morgan fingerprint density at radius 2 is 2.12 bits per heavy atom. The topological polar surface area (TPSA) is 0 Å². The molecule has 0 saturated carbocycles. The van der Waals surface area contributed by atoms with Gasteiger partial charge in [-0.1, -0.05) is 18.7 Å². The van der Waals surface area contributed by atoms with Crippen LogP contribution in [0.5, 0.6) is 0 Å². The van der Waals surface area contributed by atoms with Crippen molar-refractivity contribution in [1.82, 2.24) is 0 Å². The van der Waals surface area contributed by atoms with Crippen molar-refractivity contribution in [2.75, 3.05) is 0 Å². The molecule has 0 atom stereocenters. The SMILES string of the molecule is C=C/C(=C\C)C(F)F. The van der Waals surface area contributed by atoms with Crippen molar-refractivity contribution >= 4 is 0 Å². The molecule has 8 heavy (non-hydrogen) atoms. The van der Waals surface area contributed by atoms with Gasteiger partial charge in [-0.2, -0.15) is 0 Å². The molecule has 0 aliphatic carbocycles. The molecule has 0 fully saturated rings. The Morgan fingerprint density at radius 1 is 1.62 bits per heavy atom. The van der Waals surface area contributed by atoms with Gasteiger partial charge in [-0.25, -0.2) is 8.78 Å². The fraction of sp³-hybridized carbons (Fsp3) is 0.333. The number of hydrogen-bond donors (Lipinski definition) is 0. The molecule has 0 heterocycles. The molecular weight excluding hydrogens is 110 g/mol. The van der Waals surface area contributed by atoms with Gasteiger partial charge >= 0.3 is 0 Å². The van der Waals surface area contributed by atoms with E-state index in [0.717, 1.165) is 6.08 Å². The molecule has 0 saturated heterocycles. The van der Waals surface area contributed by atoms with Crippen LogP contribution < -0.4 is 0 Å². The highest BCUT2D eigenvalue weighted by molar-refractivity contribution is 5.17. The molecule has 46 valence electrons. The van der Waals surface area contributed by atoms with E-state index < -0.39 is 6.43 Å². The molecule has 0 aliphatic heterocycles. The van der Waals surface area contributed by atoms with Gasteiger partial charge in [0.25, 0.3) is 6.43 Å². The molecule has 0 aromatic heterocycles. The Kier molecular flexibility index (Phi) is 3.08. The summed E-state index contributed by atoms with van der Waals surface area (Å²) < 4.78 is 23.1. The zero-order chi connectivity index (χ0) is 6.57. The van der Waals surface area contributed by atoms with Crippen molar-refractivity contribution in [3.63, 3.8) is 0 Å². The van der Waals surface area contributed by atoms with Crippen LogP contribution in [0.3, 0.4) is 0 Å². The summed E-state index contributed by atoms with van der Waals surface area (Å²) in [4.78, 5) is 0. The fourth-order valence-corrected chi connectivity index (χ4v) is 0.333. The first-order valence-electron chi connectivity index (χ1n) is 2.29. The largest absolute Gasteiger partial charge is 0.263 e. The number of hydrogen-bond acceptors (Lipinski definition) is 0.